The summed E-state index contributed by atoms with van der Waals surface area (Å²) >= 11 is 0. The Morgan fingerprint density at radius 3 is 2.59 bits per heavy atom. The van der Waals surface area contributed by atoms with Gasteiger partial charge in [-0.25, -0.2) is 4.79 Å². The number of fused-ring (bicyclic) bond motifs is 1. The average Bonchev–Trinajstić information content (AvgIpc) is 2.68. The Balaban J connectivity index is 2.34. The SMILES string of the molecule is COC(=O)C12OC(CO)C(O)C1OC(C)(C)O2. The van der Waals surface area contributed by atoms with E-state index >= 15 is 0 Å². The largest absolute Gasteiger partial charge is 0.465 e. The molecule has 0 aromatic carbocycles. The number of methoxy groups -OCH3 is 1. The van der Waals surface area contributed by atoms with E-state index in [9.17, 15) is 9.90 Å². The maximum Gasteiger partial charge on any atom is 0.369 e. The Labute approximate surface area is 98.2 Å². The van der Waals surface area contributed by atoms with Gasteiger partial charge < -0.3 is 29.2 Å². The van der Waals surface area contributed by atoms with Gasteiger partial charge in [0, 0.05) is 0 Å². The zero-order valence-electron chi connectivity index (χ0n) is 9.87. The molecule has 2 aliphatic heterocycles. The van der Waals surface area contributed by atoms with E-state index in [-0.39, 0.29) is 0 Å². The maximum atomic E-state index is 11.8. The highest BCUT2D eigenvalue weighted by atomic mass is 16.9. The lowest BCUT2D eigenvalue weighted by Gasteiger charge is -2.25. The molecular formula is C10H16O7. The molecule has 0 amide bonds. The van der Waals surface area contributed by atoms with Gasteiger partial charge in [-0.15, -0.1) is 0 Å². The van der Waals surface area contributed by atoms with E-state index in [0.29, 0.717) is 0 Å². The van der Waals surface area contributed by atoms with Crippen molar-refractivity contribution in [2.75, 3.05) is 13.7 Å². The van der Waals surface area contributed by atoms with Crippen LogP contribution in [0.3, 0.4) is 0 Å². The fourth-order valence-corrected chi connectivity index (χ4v) is 2.20. The van der Waals surface area contributed by atoms with Crippen LogP contribution in [0.25, 0.3) is 0 Å². The Kier molecular flexibility index (Phi) is 2.91. The van der Waals surface area contributed by atoms with E-state index in [0.717, 1.165) is 0 Å². The first-order chi connectivity index (χ1) is 7.86. The van der Waals surface area contributed by atoms with Crippen LogP contribution in [-0.4, -0.2) is 59.8 Å². The van der Waals surface area contributed by atoms with Crippen LogP contribution in [0.1, 0.15) is 13.8 Å². The summed E-state index contributed by atoms with van der Waals surface area (Å²) in [5, 5.41) is 18.9. The minimum atomic E-state index is -1.80. The summed E-state index contributed by atoms with van der Waals surface area (Å²) in [7, 11) is 1.19. The van der Waals surface area contributed by atoms with E-state index in [1.807, 2.05) is 0 Å². The molecule has 4 unspecified atom stereocenters. The molecule has 2 fully saturated rings. The normalized spacial score (nSPS) is 43.5. The lowest BCUT2D eigenvalue weighted by atomic mass is 10.1. The second-order valence-corrected chi connectivity index (χ2v) is 4.53. The molecule has 0 bridgehead atoms. The second-order valence-electron chi connectivity index (χ2n) is 4.53. The number of hydrogen-bond donors (Lipinski definition) is 2. The minimum absolute atomic E-state index is 0.441. The van der Waals surface area contributed by atoms with Gasteiger partial charge in [0.1, 0.15) is 12.2 Å². The van der Waals surface area contributed by atoms with Crippen LogP contribution >= 0.6 is 0 Å². The first-order valence-electron chi connectivity index (χ1n) is 5.29. The van der Waals surface area contributed by atoms with Gasteiger partial charge in [0.05, 0.1) is 13.7 Å². The zero-order chi connectivity index (χ0) is 12.8. The Morgan fingerprint density at radius 2 is 2.06 bits per heavy atom. The summed E-state index contributed by atoms with van der Waals surface area (Å²) in [4.78, 5) is 11.8. The Bertz CT molecular complexity index is 329. The van der Waals surface area contributed by atoms with Crippen LogP contribution in [0.4, 0.5) is 0 Å². The van der Waals surface area contributed by atoms with Crippen molar-refractivity contribution in [2.24, 2.45) is 0 Å². The second kappa shape index (κ2) is 3.89. The van der Waals surface area contributed by atoms with Gasteiger partial charge in [-0.05, 0) is 13.8 Å². The molecule has 2 heterocycles. The predicted molar refractivity (Wildman–Crippen MR) is 52.7 cm³/mol. The average molecular weight is 248 g/mol. The number of aliphatic hydroxyl groups excluding tert-OH is 2. The molecule has 2 saturated heterocycles. The lowest BCUT2D eigenvalue weighted by molar-refractivity contribution is -0.267. The summed E-state index contributed by atoms with van der Waals surface area (Å²) in [6, 6.07) is 0. The van der Waals surface area contributed by atoms with Crippen LogP contribution in [0.2, 0.25) is 0 Å². The third-order valence-electron chi connectivity index (χ3n) is 2.85. The minimum Gasteiger partial charge on any atom is -0.465 e. The number of esters is 1. The van der Waals surface area contributed by atoms with Crippen molar-refractivity contribution in [3.05, 3.63) is 0 Å². The first-order valence-corrected chi connectivity index (χ1v) is 5.29. The van der Waals surface area contributed by atoms with Crippen LogP contribution < -0.4 is 0 Å². The van der Waals surface area contributed by atoms with Crippen molar-refractivity contribution in [1.29, 1.82) is 0 Å². The van der Waals surface area contributed by atoms with E-state index in [2.05, 4.69) is 4.74 Å². The zero-order valence-corrected chi connectivity index (χ0v) is 9.87. The van der Waals surface area contributed by atoms with Crippen LogP contribution in [0, 0.1) is 0 Å². The molecular weight excluding hydrogens is 232 g/mol. The number of rotatable bonds is 2. The van der Waals surface area contributed by atoms with Gasteiger partial charge in [0.15, 0.2) is 11.9 Å². The molecule has 2 rings (SSSR count). The van der Waals surface area contributed by atoms with Crippen LogP contribution in [0.15, 0.2) is 0 Å². The van der Waals surface area contributed by atoms with E-state index in [4.69, 9.17) is 19.3 Å². The van der Waals surface area contributed by atoms with Gasteiger partial charge in [-0.2, -0.15) is 0 Å². The van der Waals surface area contributed by atoms with Crippen molar-refractivity contribution in [3.8, 4) is 0 Å². The third-order valence-corrected chi connectivity index (χ3v) is 2.85. The lowest BCUT2D eigenvalue weighted by Crippen LogP contribution is -2.48. The van der Waals surface area contributed by atoms with Gasteiger partial charge in [-0.1, -0.05) is 0 Å². The molecule has 4 atom stereocenters. The molecule has 0 radical (unpaired) electrons. The molecule has 0 aliphatic carbocycles. The third kappa shape index (κ3) is 1.74. The fraction of sp³-hybridized carbons (Fsp3) is 0.900. The van der Waals surface area contributed by atoms with Crippen molar-refractivity contribution in [3.63, 3.8) is 0 Å². The van der Waals surface area contributed by atoms with Crippen molar-refractivity contribution >= 4 is 5.97 Å². The van der Waals surface area contributed by atoms with Crippen molar-refractivity contribution in [1.82, 2.24) is 0 Å². The fourth-order valence-electron chi connectivity index (χ4n) is 2.20. The molecule has 98 valence electrons. The highest BCUT2D eigenvalue weighted by molar-refractivity contribution is 5.79. The van der Waals surface area contributed by atoms with Crippen LogP contribution in [-0.2, 0) is 23.7 Å². The molecule has 0 aromatic heterocycles. The van der Waals surface area contributed by atoms with Crippen LogP contribution in [0.5, 0.6) is 0 Å². The molecule has 0 aromatic rings. The number of ether oxygens (including phenoxy) is 4. The molecule has 2 aliphatic rings. The number of aliphatic hydroxyl groups is 2. The summed E-state index contributed by atoms with van der Waals surface area (Å²) < 4.78 is 20.8. The molecule has 7 nitrogen and oxygen atoms in total. The first kappa shape index (κ1) is 12.7. The maximum absolute atomic E-state index is 11.8. The summed E-state index contributed by atoms with van der Waals surface area (Å²) in [5.41, 5.74) is 0. The molecule has 17 heavy (non-hydrogen) atoms. The number of hydrogen-bond acceptors (Lipinski definition) is 7. The van der Waals surface area contributed by atoms with Crippen molar-refractivity contribution < 1.29 is 34.0 Å². The number of carbonyl (C=O) groups is 1. The summed E-state index contributed by atoms with van der Waals surface area (Å²) in [5.74, 6) is -3.66. The van der Waals surface area contributed by atoms with Gasteiger partial charge in [0.2, 0.25) is 0 Å². The number of carbonyl (C=O) groups excluding carboxylic acids is 1. The Hall–Kier alpha value is -0.730. The van der Waals surface area contributed by atoms with Gasteiger partial charge >= 0.3 is 11.8 Å². The molecule has 0 saturated carbocycles. The van der Waals surface area contributed by atoms with Gasteiger partial charge in [-0.3, -0.25) is 0 Å². The predicted octanol–water partition coefficient (Wildman–Crippen LogP) is -1.24. The Morgan fingerprint density at radius 1 is 1.41 bits per heavy atom. The molecule has 2 N–H and O–H groups in total. The van der Waals surface area contributed by atoms with E-state index in [1.54, 1.807) is 13.8 Å². The summed E-state index contributed by atoms with van der Waals surface area (Å²) in [6.07, 6.45) is -3.10. The highest BCUT2D eigenvalue weighted by Crippen LogP contribution is 2.45. The van der Waals surface area contributed by atoms with Crippen molar-refractivity contribution in [2.45, 2.75) is 43.7 Å². The quantitative estimate of drug-likeness (QED) is 0.590. The molecule has 0 spiro atoms. The standard InChI is InChI=1S/C10H16O7/c1-9(2)16-7-6(12)5(4-11)15-10(7,17-9)8(13)14-3/h5-7,11-12H,4H2,1-3H3. The smallest absolute Gasteiger partial charge is 0.369 e. The summed E-state index contributed by atoms with van der Waals surface area (Å²) in [6.45, 7) is 2.75. The van der Waals surface area contributed by atoms with E-state index < -0.39 is 42.5 Å². The highest BCUT2D eigenvalue weighted by Gasteiger charge is 2.69. The monoisotopic (exact) mass is 248 g/mol. The van der Waals surface area contributed by atoms with Gasteiger partial charge in [0.25, 0.3) is 0 Å². The molecule has 7 heteroatoms. The van der Waals surface area contributed by atoms with E-state index in [1.165, 1.54) is 7.11 Å². The topological polar surface area (TPSA) is 94.5 Å².